The number of hydrogen-bond donors (Lipinski definition) is 2. The molecule has 0 radical (unpaired) electrons. The topological polar surface area (TPSA) is 66.4 Å². The van der Waals surface area contributed by atoms with E-state index >= 15 is 0 Å². The lowest BCUT2D eigenvalue weighted by molar-refractivity contribution is 0.0691. The number of amides is 1. The summed E-state index contributed by atoms with van der Waals surface area (Å²) >= 11 is 0. The molecule has 4 nitrogen and oxygen atoms in total. The number of aromatic carboxylic acids is 1. The number of carbonyl (C=O) groups excluding carboxylic acids is 1. The van der Waals surface area contributed by atoms with Gasteiger partial charge in [-0.3, -0.25) is 10.1 Å². The van der Waals surface area contributed by atoms with Crippen molar-refractivity contribution in [2.45, 2.75) is 13.8 Å². The summed E-state index contributed by atoms with van der Waals surface area (Å²) in [6, 6.07) is 8.52. The van der Waals surface area contributed by atoms with Crippen LogP contribution in [0.4, 0.5) is 0 Å². The first-order valence-corrected chi connectivity index (χ1v) is 5.15. The van der Waals surface area contributed by atoms with E-state index in [1.807, 2.05) is 13.8 Å². The van der Waals surface area contributed by atoms with E-state index < -0.39 is 11.9 Å². The summed E-state index contributed by atoms with van der Waals surface area (Å²) in [5.74, 6) is 1.27. The molecule has 0 aliphatic rings. The van der Waals surface area contributed by atoms with Crippen LogP contribution in [0.5, 0.6) is 0 Å². The second kappa shape index (κ2) is 5.71. The number of carbonyl (C=O) groups is 2. The minimum Gasteiger partial charge on any atom is -0.478 e. The van der Waals surface area contributed by atoms with Crippen LogP contribution in [0.3, 0.4) is 0 Å². The molecule has 0 bridgehead atoms. The molecule has 0 saturated carbocycles. The Balaban J connectivity index is 2.91. The van der Waals surface area contributed by atoms with Crippen LogP contribution < -0.4 is 5.32 Å². The molecule has 1 aromatic carbocycles. The molecule has 0 spiro atoms. The van der Waals surface area contributed by atoms with Gasteiger partial charge in [0.15, 0.2) is 0 Å². The zero-order valence-corrected chi connectivity index (χ0v) is 9.65. The number of benzene rings is 1. The van der Waals surface area contributed by atoms with Crippen molar-refractivity contribution in [1.29, 1.82) is 0 Å². The highest BCUT2D eigenvalue weighted by Crippen LogP contribution is 2.08. The summed E-state index contributed by atoms with van der Waals surface area (Å²) in [6.45, 7) is 3.79. The summed E-state index contributed by atoms with van der Waals surface area (Å²) in [5.41, 5.74) is 0.0782. The molecular formula is C13H13NO3. The maximum atomic E-state index is 11.7. The third kappa shape index (κ3) is 3.65. The van der Waals surface area contributed by atoms with Gasteiger partial charge in [0.2, 0.25) is 0 Å². The lowest BCUT2D eigenvalue weighted by atomic mass is 10.1. The normalized spacial score (nSPS) is 9.35. The van der Waals surface area contributed by atoms with Crippen molar-refractivity contribution in [3.8, 4) is 12.0 Å². The van der Waals surface area contributed by atoms with E-state index in [1.54, 1.807) is 12.1 Å². The number of hydrogen-bond acceptors (Lipinski definition) is 2. The molecule has 0 aliphatic carbocycles. The van der Waals surface area contributed by atoms with Crippen LogP contribution in [-0.4, -0.2) is 17.0 Å². The molecule has 0 fully saturated rings. The second-order valence-corrected chi connectivity index (χ2v) is 3.73. The van der Waals surface area contributed by atoms with Crippen LogP contribution in [0, 0.1) is 17.9 Å². The molecule has 0 atom stereocenters. The van der Waals surface area contributed by atoms with Crippen LogP contribution in [-0.2, 0) is 0 Å². The van der Waals surface area contributed by atoms with Crippen LogP contribution in [0.15, 0.2) is 24.3 Å². The fraction of sp³-hybridized carbons (Fsp3) is 0.231. The van der Waals surface area contributed by atoms with Crippen LogP contribution in [0.25, 0.3) is 0 Å². The fourth-order valence-electron chi connectivity index (χ4n) is 1.17. The highest BCUT2D eigenvalue weighted by molar-refractivity contribution is 6.05. The largest absolute Gasteiger partial charge is 0.478 e. The number of carboxylic acid groups (broad SMARTS) is 1. The van der Waals surface area contributed by atoms with E-state index in [-0.39, 0.29) is 17.0 Å². The van der Waals surface area contributed by atoms with Crippen molar-refractivity contribution < 1.29 is 14.7 Å². The Morgan fingerprint density at radius 1 is 1.24 bits per heavy atom. The highest BCUT2D eigenvalue weighted by Gasteiger charge is 2.14. The molecule has 1 amide bonds. The summed E-state index contributed by atoms with van der Waals surface area (Å²) in [7, 11) is 0. The van der Waals surface area contributed by atoms with Gasteiger partial charge in [-0.25, -0.2) is 4.79 Å². The Hall–Kier alpha value is -2.28. The molecule has 0 aromatic heterocycles. The first-order chi connectivity index (χ1) is 8.02. The van der Waals surface area contributed by atoms with Crippen molar-refractivity contribution >= 4 is 11.9 Å². The zero-order valence-electron chi connectivity index (χ0n) is 9.65. The first kappa shape index (κ1) is 12.8. The molecule has 0 aliphatic heterocycles. The van der Waals surface area contributed by atoms with Crippen molar-refractivity contribution in [3.05, 3.63) is 35.4 Å². The average Bonchev–Trinajstić information content (AvgIpc) is 2.28. The van der Waals surface area contributed by atoms with Gasteiger partial charge in [-0.15, -0.1) is 0 Å². The van der Waals surface area contributed by atoms with E-state index in [2.05, 4.69) is 17.3 Å². The molecule has 4 heteroatoms. The van der Waals surface area contributed by atoms with Gasteiger partial charge >= 0.3 is 5.97 Å². The van der Waals surface area contributed by atoms with Gasteiger partial charge in [0, 0.05) is 12.0 Å². The maximum absolute atomic E-state index is 11.7. The molecule has 0 unspecified atom stereocenters. The maximum Gasteiger partial charge on any atom is 0.336 e. The van der Waals surface area contributed by atoms with Gasteiger partial charge in [0.25, 0.3) is 5.91 Å². The minimum absolute atomic E-state index is 0.0312. The van der Waals surface area contributed by atoms with Crippen molar-refractivity contribution in [3.63, 3.8) is 0 Å². The minimum atomic E-state index is -1.13. The van der Waals surface area contributed by atoms with Crippen LogP contribution in [0.2, 0.25) is 0 Å². The molecule has 1 rings (SSSR count). The Kier molecular flexibility index (Phi) is 4.29. The molecule has 17 heavy (non-hydrogen) atoms. The van der Waals surface area contributed by atoms with Gasteiger partial charge in [-0.05, 0) is 12.1 Å². The lowest BCUT2D eigenvalue weighted by Crippen LogP contribution is -2.20. The van der Waals surface area contributed by atoms with E-state index in [4.69, 9.17) is 5.11 Å². The smallest absolute Gasteiger partial charge is 0.336 e. The highest BCUT2D eigenvalue weighted by atomic mass is 16.4. The molecular weight excluding hydrogens is 218 g/mol. The van der Waals surface area contributed by atoms with Crippen molar-refractivity contribution in [2.75, 3.05) is 0 Å². The van der Waals surface area contributed by atoms with E-state index in [9.17, 15) is 9.59 Å². The zero-order chi connectivity index (χ0) is 12.8. The second-order valence-electron chi connectivity index (χ2n) is 3.73. The number of rotatable bonds is 2. The molecule has 0 saturated heterocycles. The number of carboxylic acids is 1. The Morgan fingerprint density at radius 2 is 1.82 bits per heavy atom. The summed E-state index contributed by atoms with van der Waals surface area (Å²) in [5, 5.41) is 11.3. The van der Waals surface area contributed by atoms with Crippen molar-refractivity contribution in [2.24, 2.45) is 5.92 Å². The summed E-state index contributed by atoms with van der Waals surface area (Å²) < 4.78 is 0. The van der Waals surface area contributed by atoms with Gasteiger partial charge < -0.3 is 5.11 Å². The number of nitrogens with one attached hydrogen (secondary N) is 1. The van der Waals surface area contributed by atoms with Gasteiger partial charge in [-0.1, -0.05) is 31.9 Å². The van der Waals surface area contributed by atoms with Gasteiger partial charge in [0.05, 0.1) is 11.1 Å². The fourth-order valence-corrected chi connectivity index (χ4v) is 1.17. The molecule has 88 valence electrons. The standard InChI is InChI=1S/C13H13NO3/c1-9(2)7-8-14-12(15)10-5-3-4-6-11(10)13(16)17/h3-6,9H,1-2H3,(H,14,15)(H,16,17). The van der Waals surface area contributed by atoms with Gasteiger partial charge in [-0.2, -0.15) is 0 Å². The van der Waals surface area contributed by atoms with E-state index in [0.717, 1.165) is 0 Å². The van der Waals surface area contributed by atoms with Crippen molar-refractivity contribution in [1.82, 2.24) is 5.32 Å². The summed E-state index contributed by atoms with van der Waals surface area (Å²) in [6.07, 6.45) is 0. The Bertz CT molecular complexity index is 495. The van der Waals surface area contributed by atoms with Gasteiger partial charge in [0.1, 0.15) is 0 Å². The van der Waals surface area contributed by atoms with E-state index in [1.165, 1.54) is 12.1 Å². The van der Waals surface area contributed by atoms with Crippen LogP contribution >= 0.6 is 0 Å². The third-order valence-electron chi connectivity index (χ3n) is 1.94. The quantitative estimate of drug-likeness (QED) is 0.601. The lowest BCUT2D eigenvalue weighted by Gasteiger charge is -2.02. The Labute approximate surface area is 99.7 Å². The third-order valence-corrected chi connectivity index (χ3v) is 1.94. The predicted octanol–water partition coefficient (Wildman–Crippen LogP) is 1.73. The summed E-state index contributed by atoms with van der Waals surface area (Å²) in [4.78, 5) is 22.6. The monoisotopic (exact) mass is 231 g/mol. The SMILES string of the molecule is CC(C)C#CNC(=O)c1ccccc1C(=O)O. The molecule has 2 N–H and O–H groups in total. The molecule has 1 aromatic rings. The van der Waals surface area contributed by atoms with Crippen LogP contribution in [0.1, 0.15) is 34.6 Å². The molecule has 0 heterocycles. The average molecular weight is 231 g/mol. The predicted molar refractivity (Wildman–Crippen MR) is 63.5 cm³/mol. The Morgan fingerprint density at radius 3 is 2.35 bits per heavy atom. The van der Waals surface area contributed by atoms with E-state index in [0.29, 0.717) is 0 Å². The first-order valence-electron chi connectivity index (χ1n) is 5.15.